The first-order valence-corrected chi connectivity index (χ1v) is 10.5. The van der Waals surface area contributed by atoms with Gasteiger partial charge in [-0.25, -0.2) is 4.99 Å². The van der Waals surface area contributed by atoms with E-state index in [2.05, 4.69) is 76.4 Å². The zero-order chi connectivity index (χ0) is 19.8. The number of guanidine groups is 1. The van der Waals surface area contributed by atoms with E-state index in [1.165, 1.54) is 5.56 Å². The van der Waals surface area contributed by atoms with E-state index in [0.29, 0.717) is 12.6 Å². The van der Waals surface area contributed by atoms with Crippen LogP contribution in [0.4, 0.5) is 0 Å². The normalized spacial score (nSPS) is 16.4. The van der Waals surface area contributed by atoms with E-state index in [-0.39, 0.29) is 24.0 Å². The van der Waals surface area contributed by atoms with E-state index in [9.17, 15) is 0 Å². The summed E-state index contributed by atoms with van der Waals surface area (Å²) in [5, 5.41) is 11.6. The van der Waals surface area contributed by atoms with Crippen LogP contribution < -0.4 is 5.32 Å². The molecule has 0 amide bonds. The molecule has 8 heteroatoms. The fourth-order valence-electron chi connectivity index (χ4n) is 3.86. The molecule has 0 saturated carbocycles. The summed E-state index contributed by atoms with van der Waals surface area (Å²) in [6, 6.07) is 11.3. The Morgan fingerprint density at radius 2 is 1.83 bits per heavy atom. The predicted molar refractivity (Wildman–Crippen MR) is 129 cm³/mol. The third-order valence-corrected chi connectivity index (χ3v) is 5.37. The number of piperazine rings is 1. The maximum Gasteiger partial charge on any atom is 0.194 e. The summed E-state index contributed by atoms with van der Waals surface area (Å²) in [5.41, 5.74) is 1.41. The van der Waals surface area contributed by atoms with Crippen molar-refractivity contribution in [3.63, 3.8) is 0 Å². The van der Waals surface area contributed by atoms with E-state index < -0.39 is 0 Å². The van der Waals surface area contributed by atoms with Gasteiger partial charge in [0.25, 0.3) is 0 Å². The van der Waals surface area contributed by atoms with Crippen molar-refractivity contribution in [2.24, 2.45) is 4.99 Å². The van der Waals surface area contributed by atoms with Crippen molar-refractivity contribution in [2.45, 2.75) is 46.3 Å². The van der Waals surface area contributed by atoms with Gasteiger partial charge in [0.15, 0.2) is 11.8 Å². The number of aryl methyl sites for hydroxylation is 1. The van der Waals surface area contributed by atoms with Crippen LogP contribution >= 0.6 is 24.0 Å². The molecule has 1 aliphatic rings. The third-order valence-electron chi connectivity index (χ3n) is 5.37. The van der Waals surface area contributed by atoms with Crippen LogP contribution in [0.2, 0.25) is 0 Å². The quantitative estimate of drug-likeness (QED) is 0.352. The Morgan fingerprint density at radius 3 is 2.45 bits per heavy atom. The third kappa shape index (κ3) is 6.15. The topological polar surface area (TPSA) is 61.6 Å². The second kappa shape index (κ2) is 12.1. The van der Waals surface area contributed by atoms with Crippen molar-refractivity contribution < 1.29 is 0 Å². The molecule has 1 saturated heterocycles. The molecule has 1 aromatic carbocycles. The van der Waals surface area contributed by atoms with Crippen molar-refractivity contribution in [3.05, 3.63) is 48.0 Å². The highest BCUT2D eigenvalue weighted by Crippen LogP contribution is 2.25. The summed E-state index contributed by atoms with van der Waals surface area (Å²) in [6.45, 7) is 12.8. The van der Waals surface area contributed by atoms with Crippen molar-refractivity contribution >= 4 is 29.9 Å². The first kappa shape index (κ1) is 23.6. The number of aromatic nitrogens is 3. The number of aliphatic imine (C=N–C) groups is 1. The Morgan fingerprint density at radius 1 is 1.10 bits per heavy atom. The predicted octanol–water partition coefficient (Wildman–Crippen LogP) is 3.15. The highest BCUT2D eigenvalue weighted by atomic mass is 127. The Balaban J connectivity index is 0.00000300. The van der Waals surface area contributed by atoms with E-state index in [0.717, 1.165) is 57.5 Å². The lowest BCUT2D eigenvalue weighted by atomic mass is 10.0. The molecule has 160 valence electrons. The second-order valence-electron chi connectivity index (χ2n) is 7.06. The highest BCUT2D eigenvalue weighted by molar-refractivity contribution is 14.0. The first-order chi connectivity index (χ1) is 13.8. The van der Waals surface area contributed by atoms with Gasteiger partial charge in [0.1, 0.15) is 12.9 Å². The Bertz CT molecular complexity index is 738. The smallest absolute Gasteiger partial charge is 0.194 e. The van der Waals surface area contributed by atoms with Gasteiger partial charge in [-0.1, -0.05) is 37.3 Å². The minimum atomic E-state index is 0. The molecule has 2 aromatic rings. The van der Waals surface area contributed by atoms with Crippen LogP contribution in [0.3, 0.4) is 0 Å². The van der Waals surface area contributed by atoms with Crippen LogP contribution in [0, 0.1) is 0 Å². The molecule has 1 atom stereocenters. The Hall–Kier alpha value is -1.68. The number of hydrogen-bond donors (Lipinski definition) is 1. The first-order valence-electron chi connectivity index (χ1n) is 10.5. The maximum atomic E-state index is 4.83. The summed E-state index contributed by atoms with van der Waals surface area (Å²) in [7, 11) is 0. The molecule has 0 radical (unpaired) electrons. The Labute approximate surface area is 191 Å². The molecule has 0 aliphatic carbocycles. The van der Waals surface area contributed by atoms with Gasteiger partial charge in [-0.15, -0.1) is 34.2 Å². The molecule has 7 nitrogen and oxygen atoms in total. The average Bonchev–Trinajstić information content (AvgIpc) is 3.21. The molecular formula is C21H34IN7. The molecule has 2 heterocycles. The monoisotopic (exact) mass is 511 g/mol. The lowest BCUT2D eigenvalue weighted by Crippen LogP contribution is -2.53. The van der Waals surface area contributed by atoms with Crippen LogP contribution in [0.15, 0.2) is 41.7 Å². The SMILES string of the molecule is CCNC(=NCc1nncn1CC)N1CCN(C(CC)c2ccccc2)CC1.I. The maximum absolute atomic E-state index is 4.83. The molecule has 3 rings (SSSR count). The number of hydrogen-bond acceptors (Lipinski definition) is 4. The molecule has 0 bridgehead atoms. The zero-order valence-electron chi connectivity index (χ0n) is 17.8. The molecule has 1 unspecified atom stereocenters. The van der Waals surface area contributed by atoms with Gasteiger partial charge in [-0.2, -0.15) is 0 Å². The van der Waals surface area contributed by atoms with Crippen LogP contribution in [-0.2, 0) is 13.1 Å². The van der Waals surface area contributed by atoms with E-state index in [1.54, 1.807) is 6.33 Å². The van der Waals surface area contributed by atoms with Gasteiger partial charge in [-0.05, 0) is 25.8 Å². The lowest BCUT2D eigenvalue weighted by molar-refractivity contribution is 0.127. The second-order valence-corrected chi connectivity index (χ2v) is 7.06. The Kier molecular flexibility index (Phi) is 9.86. The van der Waals surface area contributed by atoms with Gasteiger partial charge in [0.05, 0.1) is 0 Å². The molecular weight excluding hydrogens is 477 g/mol. The van der Waals surface area contributed by atoms with Crippen LogP contribution in [0.1, 0.15) is 44.6 Å². The molecule has 1 fully saturated rings. The number of nitrogens with zero attached hydrogens (tertiary/aromatic N) is 6. The number of benzene rings is 1. The summed E-state index contributed by atoms with van der Waals surface area (Å²) in [5.74, 6) is 1.88. The van der Waals surface area contributed by atoms with Crippen molar-refractivity contribution in [1.82, 2.24) is 29.9 Å². The summed E-state index contributed by atoms with van der Waals surface area (Å²) >= 11 is 0. The molecule has 1 aliphatic heterocycles. The minimum absolute atomic E-state index is 0. The number of halogens is 1. The minimum Gasteiger partial charge on any atom is -0.357 e. The van der Waals surface area contributed by atoms with Gasteiger partial charge in [0, 0.05) is 45.3 Å². The number of rotatable bonds is 7. The fraction of sp³-hybridized carbons (Fsp3) is 0.571. The van der Waals surface area contributed by atoms with Crippen LogP contribution in [-0.4, -0.2) is 63.2 Å². The van der Waals surface area contributed by atoms with Gasteiger partial charge in [0.2, 0.25) is 0 Å². The van der Waals surface area contributed by atoms with Gasteiger partial charge in [-0.3, -0.25) is 4.90 Å². The number of nitrogens with one attached hydrogen (secondary N) is 1. The molecule has 1 N–H and O–H groups in total. The van der Waals surface area contributed by atoms with Gasteiger partial charge < -0.3 is 14.8 Å². The van der Waals surface area contributed by atoms with Crippen LogP contribution in [0.25, 0.3) is 0 Å². The van der Waals surface area contributed by atoms with Crippen LogP contribution in [0.5, 0.6) is 0 Å². The molecule has 1 aromatic heterocycles. The molecule has 29 heavy (non-hydrogen) atoms. The summed E-state index contributed by atoms with van der Waals surface area (Å²) in [6.07, 6.45) is 2.90. The fourth-order valence-corrected chi connectivity index (χ4v) is 3.86. The lowest BCUT2D eigenvalue weighted by Gasteiger charge is -2.40. The van der Waals surface area contributed by atoms with Crippen molar-refractivity contribution in [2.75, 3.05) is 32.7 Å². The highest BCUT2D eigenvalue weighted by Gasteiger charge is 2.25. The van der Waals surface area contributed by atoms with E-state index in [1.807, 2.05) is 4.57 Å². The molecule has 0 spiro atoms. The van der Waals surface area contributed by atoms with Crippen molar-refractivity contribution in [1.29, 1.82) is 0 Å². The van der Waals surface area contributed by atoms with Gasteiger partial charge >= 0.3 is 0 Å². The standard InChI is InChI=1S/C21H33N7.HI/c1-4-19(18-10-8-7-9-11-18)27-12-14-28(15-13-27)21(22-5-2)23-16-20-25-24-17-26(20)6-3;/h7-11,17,19H,4-6,12-16H2,1-3H3,(H,22,23);1H. The van der Waals surface area contributed by atoms with Crippen molar-refractivity contribution in [3.8, 4) is 0 Å². The van der Waals surface area contributed by atoms with E-state index in [4.69, 9.17) is 4.99 Å². The zero-order valence-corrected chi connectivity index (χ0v) is 20.1. The summed E-state index contributed by atoms with van der Waals surface area (Å²) in [4.78, 5) is 9.79. The average molecular weight is 511 g/mol. The largest absolute Gasteiger partial charge is 0.357 e. The van der Waals surface area contributed by atoms with E-state index >= 15 is 0 Å². The summed E-state index contributed by atoms with van der Waals surface area (Å²) < 4.78 is 2.04.